The summed E-state index contributed by atoms with van der Waals surface area (Å²) in [5, 5.41) is 11.6. The van der Waals surface area contributed by atoms with E-state index < -0.39 is 23.7 Å². The van der Waals surface area contributed by atoms with E-state index in [9.17, 15) is 19.5 Å². The Morgan fingerprint density at radius 3 is 2.41 bits per heavy atom. The largest absolute Gasteiger partial charge is 0.481 e. The summed E-state index contributed by atoms with van der Waals surface area (Å²) in [6, 6.07) is 0. The Morgan fingerprint density at radius 1 is 1.07 bits per heavy atom. The number of carboxylic acid groups (broad SMARTS) is 1. The average molecular weight is 417 g/mol. The van der Waals surface area contributed by atoms with E-state index in [2.05, 4.69) is 17.8 Å². The number of allylic oxidation sites excluding steroid dienone is 2. The third-order valence-electron chi connectivity index (χ3n) is 6.95. The molecule has 3 aliphatic carbocycles. The normalized spacial score (nSPS) is 30.0. The molecule has 0 spiro atoms. The number of thiophene rings is 1. The highest BCUT2D eigenvalue weighted by Crippen LogP contribution is 2.57. The molecule has 0 aromatic carbocycles. The highest BCUT2D eigenvalue weighted by atomic mass is 32.1. The molecule has 0 aliphatic heterocycles. The van der Waals surface area contributed by atoms with Crippen LogP contribution in [0.4, 0.5) is 0 Å². The van der Waals surface area contributed by atoms with Gasteiger partial charge in [0.05, 0.1) is 17.4 Å². The summed E-state index contributed by atoms with van der Waals surface area (Å²) in [7, 11) is 0. The van der Waals surface area contributed by atoms with Crippen LogP contribution in [0.5, 0.6) is 0 Å². The van der Waals surface area contributed by atoms with E-state index in [-0.39, 0.29) is 17.7 Å². The minimum absolute atomic E-state index is 0.0432. The summed E-state index contributed by atoms with van der Waals surface area (Å²) in [4.78, 5) is 38.8. The van der Waals surface area contributed by atoms with E-state index in [1.807, 2.05) is 19.2 Å². The molecule has 0 unspecified atom stereocenters. The van der Waals surface area contributed by atoms with Gasteiger partial charge in [0.25, 0.3) is 5.91 Å². The first-order valence-corrected chi connectivity index (χ1v) is 11.3. The van der Waals surface area contributed by atoms with Gasteiger partial charge >= 0.3 is 5.97 Å². The van der Waals surface area contributed by atoms with Crippen molar-refractivity contribution in [1.82, 2.24) is 10.9 Å². The number of nitrogens with one attached hydrogen (secondary N) is 2. The molecule has 4 rings (SSSR count). The Labute approximate surface area is 174 Å². The topological polar surface area (TPSA) is 95.5 Å². The summed E-state index contributed by atoms with van der Waals surface area (Å²) in [6.45, 7) is 6.20. The van der Waals surface area contributed by atoms with Gasteiger partial charge in [0.2, 0.25) is 5.91 Å². The van der Waals surface area contributed by atoms with Gasteiger partial charge in [-0.3, -0.25) is 25.2 Å². The van der Waals surface area contributed by atoms with Crippen LogP contribution < -0.4 is 10.9 Å². The zero-order chi connectivity index (χ0) is 20.9. The van der Waals surface area contributed by atoms with Gasteiger partial charge in [-0.2, -0.15) is 0 Å². The summed E-state index contributed by atoms with van der Waals surface area (Å²) in [6.07, 6.45) is 4.59. The molecule has 3 aliphatic rings. The van der Waals surface area contributed by atoms with Gasteiger partial charge in [-0.05, 0) is 69.3 Å². The van der Waals surface area contributed by atoms with Crippen molar-refractivity contribution in [1.29, 1.82) is 0 Å². The van der Waals surface area contributed by atoms with Crippen molar-refractivity contribution in [3.05, 3.63) is 32.5 Å². The molecule has 0 saturated heterocycles. The summed E-state index contributed by atoms with van der Waals surface area (Å²) >= 11 is 1.60. The molecule has 3 N–H and O–H groups in total. The second kappa shape index (κ2) is 7.59. The van der Waals surface area contributed by atoms with Crippen LogP contribution in [0.3, 0.4) is 0 Å². The highest BCUT2D eigenvalue weighted by molar-refractivity contribution is 7.10. The van der Waals surface area contributed by atoms with Gasteiger partial charge < -0.3 is 5.11 Å². The van der Waals surface area contributed by atoms with Crippen LogP contribution in [-0.2, 0) is 22.4 Å². The molecule has 29 heavy (non-hydrogen) atoms. The Kier molecular flexibility index (Phi) is 5.27. The number of carboxylic acids is 1. The van der Waals surface area contributed by atoms with Crippen molar-refractivity contribution >= 4 is 29.1 Å². The van der Waals surface area contributed by atoms with Gasteiger partial charge in [0, 0.05) is 10.3 Å². The smallest absolute Gasteiger partial charge is 0.307 e. The first-order valence-electron chi connectivity index (χ1n) is 10.4. The number of hydrazine groups is 1. The molecule has 2 fully saturated rings. The van der Waals surface area contributed by atoms with Gasteiger partial charge in [0.15, 0.2) is 0 Å². The lowest BCUT2D eigenvalue weighted by molar-refractivity contribution is -0.149. The predicted molar refractivity (Wildman–Crippen MR) is 110 cm³/mol. The highest BCUT2D eigenvalue weighted by Gasteiger charge is 2.57. The summed E-state index contributed by atoms with van der Waals surface area (Å²) in [5.41, 5.74) is 9.05. The zero-order valence-electron chi connectivity index (χ0n) is 17.1. The minimum Gasteiger partial charge on any atom is -0.481 e. The SMILES string of the molecule is CC(C)=C1[C@H]2CC[C@H]1[C@@H](C(=O)O)[C@H]2C(=O)NNC(=O)c1csc2c1CC[C@H](C)C2. The molecule has 1 heterocycles. The van der Waals surface area contributed by atoms with Crippen molar-refractivity contribution in [2.45, 2.75) is 52.9 Å². The number of rotatable bonds is 3. The monoisotopic (exact) mass is 416 g/mol. The van der Waals surface area contributed by atoms with Crippen molar-refractivity contribution < 1.29 is 19.5 Å². The zero-order valence-corrected chi connectivity index (χ0v) is 17.9. The van der Waals surface area contributed by atoms with E-state index in [0.717, 1.165) is 48.8 Å². The molecular formula is C22H28N2O4S. The van der Waals surface area contributed by atoms with Crippen LogP contribution in [0, 0.1) is 29.6 Å². The van der Waals surface area contributed by atoms with Crippen LogP contribution in [0.15, 0.2) is 16.5 Å². The molecule has 2 bridgehead atoms. The maximum atomic E-state index is 12.9. The Bertz CT molecular complexity index is 899. The van der Waals surface area contributed by atoms with Crippen LogP contribution in [0.2, 0.25) is 0 Å². The molecule has 1 aromatic rings. The van der Waals surface area contributed by atoms with Crippen molar-refractivity contribution in [3.63, 3.8) is 0 Å². The van der Waals surface area contributed by atoms with E-state index >= 15 is 0 Å². The fourth-order valence-electron chi connectivity index (χ4n) is 5.74. The third-order valence-corrected chi connectivity index (χ3v) is 8.00. The van der Waals surface area contributed by atoms with Crippen LogP contribution >= 0.6 is 11.3 Å². The first-order chi connectivity index (χ1) is 13.8. The Hall–Kier alpha value is -2.15. The molecule has 6 nitrogen and oxygen atoms in total. The average Bonchev–Trinajstić information content (AvgIpc) is 3.36. The van der Waals surface area contributed by atoms with E-state index in [0.29, 0.717) is 11.5 Å². The van der Waals surface area contributed by atoms with Crippen LogP contribution in [-0.4, -0.2) is 22.9 Å². The Balaban J connectivity index is 1.47. The number of hydrogen-bond donors (Lipinski definition) is 3. The van der Waals surface area contributed by atoms with Crippen LogP contribution in [0.1, 0.15) is 60.8 Å². The van der Waals surface area contributed by atoms with E-state index in [4.69, 9.17) is 0 Å². The fraction of sp³-hybridized carbons (Fsp3) is 0.591. The van der Waals surface area contributed by atoms with Crippen LogP contribution in [0.25, 0.3) is 0 Å². The lowest BCUT2D eigenvalue weighted by atomic mass is 9.79. The molecule has 7 heteroatoms. The number of hydrogen-bond acceptors (Lipinski definition) is 4. The van der Waals surface area contributed by atoms with Gasteiger partial charge in [-0.15, -0.1) is 11.3 Å². The maximum Gasteiger partial charge on any atom is 0.307 e. The number of fused-ring (bicyclic) bond motifs is 3. The second-order valence-corrected chi connectivity index (χ2v) is 9.94. The fourth-order valence-corrected chi connectivity index (χ4v) is 6.99. The number of amides is 2. The molecule has 2 amide bonds. The maximum absolute atomic E-state index is 12.9. The molecule has 156 valence electrons. The number of carbonyl (C=O) groups is 3. The molecule has 1 aromatic heterocycles. The summed E-state index contributed by atoms with van der Waals surface area (Å²) < 4.78 is 0. The van der Waals surface area contributed by atoms with Gasteiger partial charge in [-0.1, -0.05) is 18.1 Å². The Morgan fingerprint density at radius 2 is 1.76 bits per heavy atom. The molecule has 0 radical (unpaired) electrons. The predicted octanol–water partition coefficient (Wildman–Crippen LogP) is 3.33. The standard InChI is InChI=1S/C22H28N2O4S/c1-10(2)17-13-6-7-14(17)19(22(27)28)18(13)21(26)24-23-20(25)15-9-29-16-8-11(3)4-5-12(15)16/h9,11,13-14,18-19H,4-8H2,1-3H3,(H,23,25)(H,24,26)(H,27,28)/t11-,13+,14+,18-,19+/m0/s1. The molecule has 2 saturated carbocycles. The minimum atomic E-state index is -0.927. The van der Waals surface area contributed by atoms with Gasteiger partial charge in [0.1, 0.15) is 0 Å². The lowest BCUT2D eigenvalue weighted by Crippen LogP contribution is -2.48. The quantitative estimate of drug-likeness (QED) is 0.520. The van der Waals surface area contributed by atoms with Gasteiger partial charge in [-0.25, -0.2) is 0 Å². The van der Waals surface area contributed by atoms with E-state index in [1.165, 1.54) is 4.88 Å². The van der Waals surface area contributed by atoms with Crippen molar-refractivity contribution in [3.8, 4) is 0 Å². The summed E-state index contributed by atoms with van der Waals surface area (Å²) in [5.74, 6) is -2.47. The number of carbonyl (C=O) groups excluding carboxylic acids is 2. The lowest BCUT2D eigenvalue weighted by Gasteiger charge is -2.26. The molecule has 5 atom stereocenters. The first kappa shape index (κ1) is 20.1. The second-order valence-electron chi connectivity index (χ2n) is 8.98. The van der Waals surface area contributed by atoms with Crippen molar-refractivity contribution in [2.24, 2.45) is 29.6 Å². The van der Waals surface area contributed by atoms with E-state index in [1.54, 1.807) is 11.3 Å². The number of aliphatic carboxylic acids is 1. The van der Waals surface area contributed by atoms with Crippen molar-refractivity contribution in [2.75, 3.05) is 0 Å². The third kappa shape index (κ3) is 3.39. The molecular weight excluding hydrogens is 388 g/mol.